The van der Waals surface area contributed by atoms with E-state index in [4.69, 9.17) is 10.00 Å². The van der Waals surface area contributed by atoms with Gasteiger partial charge in [0.1, 0.15) is 5.75 Å². The summed E-state index contributed by atoms with van der Waals surface area (Å²) in [6.07, 6.45) is 1.13. The fraction of sp³-hybridized carbons (Fsp3) is 0.529. The van der Waals surface area contributed by atoms with Crippen LogP contribution in [0.25, 0.3) is 0 Å². The van der Waals surface area contributed by atoms with Gasteiger partial charge in [-0.25, -0.2) is 0 Å². The van der Waals surface area contributed by atoms with Crippen LogP contribution in [0.2, 0.25) is 0 Å². The Morgan fingerprint density at radius 1 is 1.45 bits per heavy atom. The second kappa shape index (κ2) is 7.81. The van der Waals surface area contributed by atoms with Crippen LogP contribution in [-0.2, 0) is 4.79 Å². The first kappa shape index (κ1) is 16.3. The zero-order valence-corrected chi connectivity index (χ0v) is 13.2. The molecule has 1 amide bonds. The van der Waals surface area contributed by atoms with E-state index in [-0.39, 0.29) is 12.5 Å². The minimum atomic E-state index is -0.104. The highest BCUT2D eigenvalue weighted by atomic mass is 16.5. The molecule has 5 nitrogen and oxygen atoms in total. The molecule has 5 heteroatoms. The first-order valence-corrected chi connectivity index (χ1v) is 7.72. The number of rotatable bonds is 6. The molecule has 0 radical (unpaired) electrons. The number of hydrogen-bond acceptors (Lipinski definition) is 4. The Kier molecular flexibility index (Phi) is 5.79. The summed E-state index contributed by atoms with van der Waals surface area (Å²) in [4.78, 5) is 14.2. The Bertz CT molecular complexity index is 534. The number of benzene rings is 1. The molecule has 118 valence electrons. The maximum Gasteiger partial charge on any atom is 0.257 e. The molecule has 2 rings (SSSR count). The molecule has 1 saturated heterocycles. The lowest BCUT2D eigenvalue weighted by Gasteiger charge is -2.20. The van der Waals surface area contributed by atoms with Crippen molar-refractivity contribution in [2.45, 2.75) is 26.3 Å². The molecule has 1 fully saturated rings. The van der Waals surface area contributed by atoms with Crippen LogP contribution in [0.15, 0.2) is 24.3 Å². The van der Waals surface area contributed by atoms with Crippen LogP contribution in [0.4, 0.5) is 0 Å². The number of carbonyl (C=O) groups excluding carboxylic acids is 1. The molecule has 0 unspecified atom stereocenters. The van der Waals surface area contributed by atoms with E-state index < -0.39 is 0 Å². The maximum atomic E-state index is 11.8. The third-order valence-corrected chi connectivity index (χ3v) is 3.99. The van der Waals surface area contributed by atoms with Crippen molar-refractivity contribution in [2.75, 3.05) is 26.2 Å². The van der Waals surface area contributed by atoms with Gasteiger partial charge >= 0.3 is 0 Å². The van der Waals surface area contributed by atoms with Crippen LogP contribution in [0.1, 0.15) is 25.8 Å². The Morgan fingerprint density at radius 3 is 2.77 bits per heavy atom. The van der Waals surface area contributed by atoms with Gasteiger partial charge in [-0.2, -0.15) is 5.26 Å². The standard InChI is InChI=1S/C17H23N3O2/c1-13(2)20-8-7-15(11-20)10-19-17(21)12-22-16-5-3-14(9-18)4-6-16/h3-6,13,15H,7-8,10-12H2,1-2H3,(H,19,21)/t15-/m1/s1. The predicted octanol–water partition coefficient (Wildman–Crippen LogP) is 1.78. The third kappa shape index (κ3) is 4.74. The Morgan fingerprint density at radius 2 is 2.18 bits per heavy atom. The first-order chi connectivity index (χ1) is 10.6. The molecule has 1 aromatic carbocycles. The van der Waals surface area contributed by atoms with Crippen molar-refractivity contribution >= 4 is 5.91 Å². The van der Waals surface area contributed by atoms with Crippen molar-refractivity contribution < 1.29 is 9.53 Å². The summed E-state index contributed by atoms with van der Waals surface area (Å²) in [5.74, 6) is 1.02. The van der Waals surface area contributed by atoms with Gasteiger partial charge in [-0.15, -0.1) is 0 Å². The van der Waals surface area contributed by atoms with E-state index in [9.17, 15) is 4.79 Å². The monoisotopic (exact) mass is 301 g/mol. The number of likely N-dealkylation sites (tertiary alicyclic amines) is 1. The van der Waals surface area contributed by atoms with Gasteiger partial charge in [0.25, 0.3) is 5.91 Å². The maximum absolute atomic E-state index is 11.8. The van der Waals surface area contributed by atoms with Crippen molar-refractivity contribution in [2.24, 2.45) is 5.92 Å². The summed E-state index contributed by atoms with van der Waals surface area (Å²) in [6.45, 7) is 7.28. The molecule has 0 saturated carbocycles. The minimum absolute atomic E-state index is 0.00646. The molecule has 0 aromatic heterocycles. The van der Waals surface area contributed by atoms with Crippen molar-refractivity contribution in [3.8, 4) is 11.8 Å². The Balaban J connectivity index is 1.67. The highest BCUT2D eigenvalue weighted by Gasteiger charge is 2.24. The van der Waals surface area contributed by atoms with E-state index in [1.165, 1.54) is 0 Å². The molecule has 0 spiro atoms. The lowest BCUT2D eigenvalue weighted by Crippen LogP contribution is -2.35. The number of ether oxygens (including phenoxy) is 1. The summed E-state index contributed by atoms with van der Waals surface area (Å²) in [5.41, 5.74) is 0.577. The number of hydrogen-bond donors (Lipinski definition) is 1. The van der Waals surface area contributed by atoms with Crippen molar-refractivity contribution in [3.05, 3.63) is 29.8 Å². The highest BCUT2D eigenvalue weighted by molar-refractivity contribution is 5.77. The van der Waals surface area contributed by atoms with E-state index in [1.54, 1.807) is 24.3 Å². The van der Waals surface area contributed by atoms with E-state index >= 15 is 0 Å². The average Bonchev–Trinajstić information content (AvgIpc) is 3.00. The largest absolute Gasteiger partial charge is 0.484 e. The van der Waals surface area contributed by atoms with Crippen molar-refractivity contribution in [1.82, 2.24) is 10.2 Å². The van der Waals surface area contributed by atoms with Gasteiger partial charge in [-0.3, -0.25) is 4.79 Å². The lowest BCUT2D eigenvalue weighted by molar-refractivity contribution is -0.123. The topological polar surface area (TPSA) is 65.4 Å². The Hall–Kier alpha value is -2.06. The Labute approximate surface area is 131 Å². The van der Waals surface area contributed by atoms with Gasteiger partial charge in [-0.05, 0) is 57.0 Å². The zero-order chi connectivity index (χ0) is 15.9. The molecule has 1 aliphatic rings. The average molecular weight is 301 g/mol. The number of nitriles is 1. The molecular formula is C17H23N3O2. The van der Waals surface area contributed by atoms with Crippen molar-refractivity contribution in [1.29, 1.82) is 5.26 Å². The number of carbonyl (C=O) groups is 1. The molecule has 0 bridgehead atoms. The normalized spacial score (nSPS) is 18.2. The highest BCUT2D eigenvalue weighted by Crippen LogP contribution is 2.17. The van der Waals surface area contributed by atoms with Crippen LogP contribution in [0, 0.1) is 17.2 Å². The second-order valence-corrected chi connectivity index (χ2v) is 5.97. The summed E-state index contributed by atoms with van der Waals surface area (Å²) < 4.78 is 5.41. The van der Waals surface area contributed by atoms with E-state index in [1.807, 2.05) is 6.07 Å². The van der Waals surface area contributed by atoms with Gasteiger partial charge < -0.3 is 15.0 Å². The lowest BCUT2D eigenvalue weighted by atomic mass is 10.1. The molecule has 1 aliphatic heterocycles. The minimum Gasteiger partial charge on any atom is -0.484 e. The van der Waals surface area contributed by atoms with Crippen LogP contribution >= 0.6 is 0 Å². The molecule has 1 aromatic rings. The van der Waals surface area contributed by atoms with Crippen molar-refractivity contribution in [3.63, 3.8) is 0 Å². The third-order valence-electron chi connectivity index (χ3n) is 3.99. The van der Waals surface area contributed by atoms with Gasteiger partial charge in [0.2, 0.25) is 0 Å². The van der Waals surface area contributed by atoms with E-state index in [0.717, 1.165) is 19.5 Å². The van der Waals surface area contributed by atoms with Crippen LogP contribution in [-0.4, -0.2) is 43.1 Å². The fourth-order valence-electron chi connectivity index (χ4n) is 2.58. The van der Waals surface area contributed by atoms with Crippen LogP contribution < -0.4 is 10.1 Å². The van der Waals surface area contributed by atoms with Crippen LogP contribution in [0.3, 0.4) is 0 Å². The van der Waals surface area contributed by atoms with Gasteiger partial charge in [0.05, 0.1) is 11.6 Å². The van der Waals surface area contributed by atoms with Crippen LogP contribution in [0.5, 0.6) is 5.75 Å². The quantitative estimate of drug-likeness (QED) is 0.870. The SMILES string of the molecule is CC(C)N1CC[C@H](CNC(=O)COc2ccc(C#N)cc2)C1. The molecule has 1 heterocycles. The first-order valence-electron chi connectivity index (χ1n) is 7.72. The van der Waals surface area contributed by atoms with Gasteiger partial charge in [0, 0.05) is 19.1 Å². The number of nitrogens with zero attached hydrogens (tertiary/aromatic N) is 2. The number of nitrogens with one attached hydrogen (secondary N) is 1. The fourth-order valence-corrected chi connectivity index (χ4v) is 2.58. The zero-order valence-electron chi connectivity index (χ0n) is 13.2. The molecule has 1 atom stereocenters. The number of amides is 1. The summed E-state index contributed by atoms with van der Waals surface area (Å²) >= 11 is 0. The van der Waals surface area contributed by atoms with Gasteiger partial charge in [0.15, 0.2) is 6.61 Å². The molecule has 1 N–H and O–H groups in total. The predicted molar refractivity (Wildman–Crippen MR) is 84.5 cm³/mol. The smallest absolute Gasteiger partial charge is 0.257 e. The molecule has 22 heavy (non-hydrogen) atoms. The summed E-state index contributed by atoms with van der Waals surface area (Å²) in [6, 6.07) is 9.35. The van der Waals surface area contributed by atoms with Gasteiger partial charge in [-0.1, -0.05) is 0 Å². The van der Waals surface area contributed by atoms with E-state index in [0.29, 0.717) is 29.8 Å². The summed E-state index contributed by atoms with van der Waals surface area (Å²) in [5, 5.41) is 11.6. The molecule has 0 aliphatic carbocycles. The van der Waals surface area contributed by atoms with E-state index in [2.05, 4.69) is 24.1 Å². The second-order valence-electron chi connectivity index (χ2n) is 5.97. The molecular weight excluding hydrogens is 278 g/mol. The summed E-state index contributed by atoms with van der Waals surface area (Å²) in [7, 11) is 0.